The van der Waals surface area contributed by atoms with E-state index in [1.165, 1.54) is 5.56 Å². The van der Waals surface area contributed by atoms with Crippen LogP contribution in [0.1, 0.15) is 11.1 Å². The fourth-order valence-corrected chi connectivity index (χ4v) is 1.61. The van der Waals surface area contributed by atoms with Gasteiger partial charge in [0.1, 0.15) is 0 Å². The maximum atomic E-state index is 11.5. The molecule has 0 bridgehead atoms. The number of H-pyrrole nitrogens is 1. The fraction of sp³-hybridized carbons (Fsp3) is 0.250. The minimum Gasteiger partial charge on any atom is -0.330 e. The van der Waals surface area contributed by atoms with E-state index in [0.717, 1.165) is 11.3 Å². The Labute approximate surface area is 93.7 Å². The Hall–Kier alpha value is -1.81. The summed E-state index contributed by atoms with van der Waals surface area (Å²) in [6.07, 6.45) is 2.41. The van der Waals surface area contributed by atoms with E-state index in [0.29, 0.717) is 13.0 Å². The van der Waals surface area contributed by atoms with Gasteiger partial charge in [0.25, 0.3) is 5.56 Å². The van der Waals surface area contributed by atoms with Gasteiger partial charge in [-0.2, -0.15) is 0 Å². The van der Waals surface area contributed by atoms with Crippen LogP contribution in [-0.2, 0) is 6.42 Å². The first-order valence-corrected chi connectivity index (χ1v) is 5.28. The lowest BCUT2D eigenvalue weighted by atomic mass is 10.2. The van der Waals surface area contributed by atoms with Crippen LogP contribution in [0.2, 0.25) is 0 Å². The second-order valence-corrected chi connectivity index (χ2v) is 3.84. The number of aromatic nitrogens is 2. The minimum absolute atomic E-state index is 0.0639. The van der Waals surface area contributed by atoms with Gasteiger partial charge in [0.15, 0.2) is 0 Å². The van der Waals surface area contributed by atoms with Gasteiger partial charge in [0.05, 0.1) is 5.69 Å². The molecule has 0 amide bonds. The van der Waals surface area contributed by atoms with Crippen LogP contribution < -0.4 is 11.3 Å². The highest BCUT2D eigenvalue weighted by molar-refractivity contribution is 5.34. The summed E-state index contributed by atoms with van der Waals surface area (Å²) in [7, 11) is 0. The Morgan fingerprint density at radius 2 is 2.00 bits per heavy atom. The summed E-state index contributed by atoms with van der Waals surface area (Å²) in [5.41, 5.74) is 8.24. The number of aryl methyl sites for hydroxylation is 1. The predicted molar refractivity (Wildman–Crippen MR) is 63.9 cm³/mol. The number of nitrogens with one attached hydrogen (secondary N) is 1. The first kappa shape index (κ1) is 10.7. The van der Waals surface area contributed by atoms with E-state index in [2.05, 4.69) is 5.10 Å². The Morgan fingerprint density at radius 3 is 2.62 bits per heavy atom. The van der Waals surface area contributed by atoms with Crippen molar-refractivity contribution in [1.29, 1.82) is 0 Å². The fourth-order valence-electron chi connectivity index (χ4n) is 1.61. The quantitative estimate of drug-likeness (QED) is 0.804. The van der Waals surface area contributed by atoms with Crippen LogP contribution in [0.15, 0.2) is 35.3 Å². The maximum absolute atomic E-state index is 11.5. The highest BCUT2D eigenvalue weighted by Gasteiger charge is 2.03. The van der Waals surface area contributed by atoms with E-state index in [9.17, 15) is 4.79 Å². The van der Waals surface area contributed by atoms with Gasteiger partial charge < -0.3 is 5.73 Å². The third-order valence-corrected chi connectivity index (χ3v) is 2.52. The molecule has 4 nitrogen and oxygen atoms in total. The molecule has 84 valence electrons. The standard InChI is InChI=1S/C12H15N3O/c1-9-2-4-11(5-3-9)15-8-10(6-7-13)12(16)14-15/h2-5,8H,6-7,13H2,1H3,(H,14,16). The van der Waals surface area contributed by atoms with Crippen molar-refractivity contribution in [1.82, 2.24) is 9.78 Å². The summed E-state index contributed by atoms with van der Waals surface area (Å²) in [4.78, 5) is 11.5. The lowest BCUT2D eigenvalue weighted by Crippen LogP contribution is -2.11. The van der Waals surface area contributed by atoms with Gasteiger partial charge >= 0.3 is 0 Å². The number of hydrogen-bond acceptors (Lipinski definition) is 2. The number of benzene rings is 1. The van der Waals surface area contributed by atoms with Gasteiger partial charge in [0.2, 0.25) is 0 Å². The Bertz CT molecular complexity index is 522. The van der Waals surface area contributed by atoms with E-state index >= 15 is 0 Å². The molecule has 16 heavy (non-hydrogen) atoms. The van der Waals surface area contributed by atoms with E-state index in [-0.39, 0.29) is 5.56 Å². The molecule has 0 unspecified atom stereocenters. The molecule has 0 fully saturated rings. The molecule has 2 aromatic rings. The highest BCUT2D eigenvalue weighted by atomic mass is 16.1. The molecule has 0 atom stereocenters. The van der Waals surface area contributed by atoms with Crippen LogP contribution >= 0.6 is 0 Å². The highest BCUT2D eigenvalue weighted by Crippen LogP contribution is 2.07. The molecule has 0 aliphatic heterocycles. The first-order valence-electron chi connectivity index (χ1n) is 5.28. The van der Waals surface area contributed by atoms with Crippen molar-refractivity contribution in [2.24, 2.45) is 5.73 Å². The summed E-state index contributed by atoms with van der Waals surface area (Å²) in [6.45, 7) is 2.52. The van der Waals surface area contributed by atoms with Crippen LogP contribution in [0.25, 0.3) is 5.69 Å². The summed E-state index contributed by atoms with van der Waals surface area (Å²) in [6, 6.07) is 7.96. The van der Waals surface area contributed by atoms with Crippen molar-refractivity contribution in [3.63, 3.8) is 0 Å². The zero-order valence-corrected chi connectivity index (χ0v) is 9.23. The van der Waals surface area contributed by atoms with Crippen molar-refractivity contribution in [3.05, 3.63) is 51.9 Å². The largest absolute Gasteiger partial charge is 0.330 e. The van der Waals surface area contributed by atoms with Crippen molar-refractivity contribution in [3.8, 4) is 5.69 Å². The number of rotatable bonds is 3. The smallest absolute Gasteiger partial charge is 0.267 e. The molecule has 1 aromatic heterocycles. The molecule has 0 radical (unpaired) electrons. The summed E-state index contributed by atoms with van der Waals surface area (Å²) in [5, 5.41) is 2.77. The van der Waals surface area contributed by atoms with Gasteiger partial charge in [-0.15, -0.1) is 0 Å². The van der Waals surface area contributed by atoms with Crippen molar-refractivity contribution < 1.29 is 0 Å². The predicted octanol–water partition coefficient (Wildman–Crippen LogP) is 0.975. The molecular weight excluding hydrogens is 202 g/mol. The van der Waals surface area contributed by atoms with Crippen molar-refractivity contribution in [2.45, 2.75) is 13.3 Å². The molecule has 0 saturated carbocycles. The van der Waals surface area contributed by atoms with Crippen molar-refractivity contribution in [2.75, 3.05) is 6.54 Å². The molecule has 0 saturated heterocycles. The molecule has 0 aliphatic rings. The molecule has 2 rings (SSSR count). The SMILES string of the molecule is Cc1ccc(-n2cc(CCN)c(=O)[nH]2)cc1. The van der Waals surface area contributed by atoms with E-state index in [1.807, 2.05) is 31.2 Å². The lowest BCUT2D eigenvalue weighted by Gasteiger charge is -2.01. The van der Waals surface area contributed by atoms with Crippen LogP contribution in [0.4, 0.5) is 0 Å². The van der Waals surface area contributed by atoms with Gasteiger partial charge in [-0.1, -0.05) is 17.7 Å². The van der Waals surface area contributed by atoms with Crippen molar-refractivity contribution >= 4 is 0 Å². The third-order valence-electron chi connectivity index (χ3n) is 2.52. The minimum atomic E-state index is -0.0639. The maximum Gasteiger partial charge on any atom is 0.267 e. The van der Waals surface area contributed by atoms with Crippen LogP contribution in [0.5, 0.6) is 0 Å². The molecule has 3 N–H and O–H groups in total. The monoisotopic (exact) mass is 217 g/mol. The Kier molecular flexibility index (Phi) is 2.92. The zero-order valence-electron chi connectivity index (χ0n) is 9.23. The summed E-state index contributed by atoms with van der Waals surface area (Å²) in [5.74, 6) is 0. The first-order chi connectivity index (χ1) is 7.70. The van der Waals surface area contributed by atoms with E-state index in [4.69, 9.17) is 5.73 Å². The Morgan fingerprint density at radius 1 is 1.31 bits per heavy atom. The number of nitrogens with zero attached hydrogens (tertiary/aromatic N) is 1. The van der Waals surface area contributed by atoms with Crippen LogP contribution in [0.3, 0.4) is 0 Å². The average molecular weight is 217 g/mol. The molecule has 1 heterocycles. The Balaban J connectivity index is 2.37. The molecule has 1 aromatic carbocycles. The zero-order chi connectivity index (χ0) is 11.5. The van der Waals surface area contributed by atoms with Crippen LogP contribution in [0, 0.1) is 6.92 Å². The number of aromatic amines is 1. The van der Waals surface area contributed by atoms with Gasteiger partial charge in [-0.3, -0.25) is 14.6 Å². The number of hydrogen-bond donors (Lipinski definition) is 2. The van der Waals surface area contributed by atoms with E-state index in [1.54, 1.807) is 10.9 Å². The van der Waals surface area contributed by atoms with Gasteiger partial charge in [-0.25, -0.2) is 0 Å². The topological polar surface area (TPSA) is 63.8 Å². The summed E-state index contributed by atoms with van der Waals surface area (Å²) >= 11 is 0. The van der Waals surface area contributed by atoms with Gasteiger partial charge in [0, 0.05) is 11.8 Å². The summed E-state index contributed by atoms with van der Waals surface area (Å²) < 4.78 is 1.73. The molecule has 0 aliphatic carbocycles. The second kappa shape index (κ2) is 4.37. The number of nitrogens with two attached hydrogens (primary N) is 1. The molecular formula is C12H15N3O. The lowest BCUT2D eigenvalue weighted by molar-refractivity contribution is 0.863. The average Bonchev–Trinajstić information content (AvgIpc) is 2.62. The normalized spacial score (nSPS) is 10.6. The van der Waals surface area contributed by atoms with Crippen LogP contribution in [-0.4, -0.2) is 16.3 Å². The van der Waals surface area contributed by atoms with E-state index < -0.39 is 0 Å². The molecule has 4 heteroatoms. The second-order valence-electron chi connectivity index (χ2n) is 3.84. The third kappa shape index (κ3) is 2.06. The van der Waals surface area contributed by atoms with Gasteiger partial charge in [-0.05, 0) is 32.0 Å². The molecule has 0 spiro atoms.